The molecule has 0 saturated heterocycles. The van der Waals surface area contributed by atoms with E-state index in [4.69, 9.17) is 5.26 Å². The predicted molar refractivity (Wildman–Crippen MR) is 93.8 cm³/mol. The van der Waals surface area contributed by atoms with Gasteiger partial charge in [-0.15, -0.1) is 11.8 Å². The first-order valence-corrected chi connectivity index (χ1v) is 8.27. The van der Waals surface area contributed by atoms with Crippen LogP contribution >= 0.6 is 11.8 Å². The molecule has 122 valence electrons. The van der Waals surface area contributed by atoms with E-state index < -0.39 is 4.92 Å². The Kier molecular flexibility index (Phi) is 5.93. The molecule has 0 heterocycles. The van der Waals surface area contributed by atoms with Crippen LogP contribution in [0.15, 0.2) is 42.5 Å². The average molecular weight is 341 g/mol. The van der Waals surface area contributed by atoms with Gasteiger partial charge in [0.1, 0.15) is 0 Å². The van der Waals surface area contributed by atoms with Gasteiger partial charge in [-0.25, -0.2) is 0 Å². The minimum Gasteiger partial charge on any atom is -0.325 e. The van der Waals surface area contributed by atoms with E-state index in [2.05, 4.69) is 11.4 Å². The Bertz CT molecular complexity index is 798. The number of nitro groups is 1. The first-order valence-electron chi connectivity index (χ1n) is 7.12. The fourth-order valence-corrected chi connectivity index (χ4v) is 2.87. The summed E-state index contributed by atoms with van der Waals surface area (Å²) in [6, 6.07) is 13.8. The van der Waals surface area contributed by atoms with Gasteiger partial charge in [-0.2, -0.15) is 5.26 Å². The number of hydrogen-bond donors (Lipinski definition) is 1. The van der Waals surface area contributed by atoms with Crippen molar-refractivity contribution in [2.45, 2.75) is 12.7 Å². The standard InChI is InChI=1S/C17H15N3O3S/c1-12-15(3-2-4-16(12)20(22)23)19-17(21)11-24-10-14-7-5-13(9-18)6-8-14/h2-8H,10-11H2,1H3,(H,19,21). The average Bonchev–Trinajstić information content (AvgIpc) is 2.57. The van der Waals surface area contributed by atoms with Gasteiger partial charge < -0.3 is 5.32 Å². The van der Waals surface area contributed by atoms with E-state index >= 15 is 0 Å². The van der Waals surface area contributed by atoms with Crippen molar-refractivity contribution in [1.82, 2.24) is 0 Å². The van der Waals surface area contributed by atoms with Crippen molar-refractivity contribution in [3.05, 3.63) is 69.3 Å². The molecule has 2 aromatic rings. The Morgan fingerprint density at radius 2 is 2.00 bits per heavy atom. The molecule has 24 heavy (non-hydrogen) atoms. The lowest BCUT2D eigenvalue weighted by Crippen LogP contribution is -2.15. The second-order valence-electron chi connectivity index (χ2n) is 5.06. The van der Waals surface area contributed by atoms with Gasteiger partial charge in [0, 0.05) is 11.8 Å². The number of anilines is 1. The first kappa shape index (κ1) is 17.5. The van der Waals surface area contributed by atoms with Crippen molar-refractivity contribution >= 4 is 29.0 Å². The summed E-state index contributed by atoms with van der Waals surface area (Å²) in [7, 11) is 0. The Labute approximate surface area is 143 Å². The van der Waals surface area contributed by atoms with Crippen LogP contribution in [0, 0.1) is 28.4 Å². The van der Waals surface area contributed by atoms with Gasteiger partial charge in [0.05, 0.1) is 33.6 Å². The molecule has 0 saturated carbocycles. The van der Waals surface area contributed by atoms with Crippen LogP contribution in [0.1, 0.15) is 16.7 Å². The fraction of sp³-hybridized carbons (Fsp3) is 0.176. The molecule has 0 spiro atoms. The van der Waals surface area contributed by atoms with Gasteiger partial charge in [0.25, 0.3) is 5.69 Å². The van der Waals surface area contributed by atoms with Gasteiger partial charge in [0.15, 0.2) is 0 Å². The van der Waals surface area contributed by atoms with Crippen LogP contribution in [0.3, 0.4) is 0 Å². The van der Waals surface area contributed by atoms with E-state index in [0.29, 0.717) is 22.6 Å². The molecule has 0 atom stereocenters. The number of rotatable bonds is 6. The number of carbonyl (C=O) groups excluding carboxylic acids is 1. The molecule has 0 unspecified atom stereocenters. The zero-order valence-corrected chi connectivity index (χ0v) is 13.8. The highest BCUT2D eigenvalue weighted by molar-refractivity contribution is 7.99. The van der Waals surface area contributed by atoms with E-state index in [1.165, 1.54) is 17.8 Å². The van der Waals surface area contributed by atoms with Gasteiger partial charge in [-0.3, -0.25) is 14.9 Å². The van der Waals surface area contributed by atoms with Gasteiger partial charge in [0.2, 0.25) is 5.91 Å². The van der Waals surface area contributed by atoms with Crippen molar-refractivity contribution < 1.29 is 9.72 Å². The van der Waals surface area contributed by atoms with Gasteiger partial charge >= 0.3 is 0 Å². The van der Waals surface area contributed by atoms with Crippen molar-refractivity contribution in [2.24, 2.45) is 0 Å². The van der Waals surface area contributed by atoms with Gasteiger partial charge in [-0.05, 0) is 30.7 Å². The quantitative estimate of drug-likeness (QED) is 0.639. The normalized spacial score (nSPS) is 10.0. The smallest absolute Gasteiger partial charge is 0.274 e. The van der Waals surface area contributed by atoms with Crippen LogP contribution in [0.5, 0.6) is 0 Å². The van der Waals surface area contributed by atoms with Gasteiger partial charge in [-0.1, -0.05) is 18.2 Å². The number of nitriles is 1. The molecular weight excluding hydrogens is 326 g/mol. The molecule has 0 aliphatic rings. The number of hydrogen-bond acceptors (Lipinski definition) is 5. The Morgan fingerprint density at radius 3 is 2.62 bits per heavy atom. The van der Waals surface area contributed by atoms with E-state index in [9.17, 15) is 14.9 Å². The number of carbonyl (C=O) groups is 1. The maximum atomic E-state index is 12.0. The second-order valence-corrected chi connectivity index (χ2v) is 6.04. The lowest BCUT2D eigenvalue weighted by Gasteiger charge is -2.08. The maximum absolute atomic E-state index is 12.0. The Morgan fingerprint density at radius 1 is 1.29 bits per heavy atom. The summed E-state index contributed by atoms with van der Waals surface area (Å²) in [5.74, 6) is 0.673. The van der Waals surface area contributed by atoms with Crippen LogP contribution in [0.4, 0.5) is 11.4 Å². The molecule has 7 heteroatoms. The van der Waals surface area contributed by atoms with E-state index in [0.717, 1.165) is 5.56 Å². The highest BCUT2D eigenvalue weighted by Crippen LogP contribution is 2.25. The third kappa shape index (κ3) is 4.57. The number of thioether (sulfide) groups is 1. The highest BCUT2D eigenvalue weighted by atomic mass is 32.2. The van der Waals surface area contributed by atoms with Crippen molar-refractivity contribution in [3.8, 4) is 6.07 Å². The summed E-state index contributed by atoms with van der Waals surface area (Å²) >= 11 is 1.43. The largest absolute Gasteiger partial charge is 0.325 e. The molecule has 0 fully saturated rings. The third-order valence-corrected chi connectivity index (χ3v) is 4.36. The fourth-order valence-electron chi connectivity index (χ4n) is 2.08. The summed E-state index contributed by atoms with van der Waals surface area (Å²) < 4.78 is 0. The van der Waals surface area contributed by atoms with Crippen molar-refractivity contribution in [2.75, 3.05) is 11.1 Å². The van der Waals surface area contributed by atoms with Crippen LogP contribution in [0.25, 0.3) is 0 Å². The zero-order chi connectivity index (χ0) is 17.5. The molecule has 1 N–H and O–H groups in total. The van der Waals surface area contributed by atoms with Crippen LogP contribution in [-0.2, 0) is 10.5 Å². The number of nitrogens with zero attached hydrogens (tertiary/aromatic N) is 2. The van der Waals surface area contributed by atoms with Crippen molar-refractivity contribution in [1.29, 1.82) is 5.26 Å². The Balaban J connectivity index is 1.88. The highest BCUT2D eigenvalue weighted by Gasteiger charge is 2.14. The number of amides is 1. The van der Waals surface area contributed by atoms with E-state index in [1.807, 2.05) is 12.1 Å². The topological polar surface area (TPSA) is 96.0 Å². The Hall–Kier alpha value is -2.85. The number of benzene rings is 2. The molecule has 2 aromatic carbocycles. The predicted octanol–water partition coefficient (Wildman–Crippen LogP) is 3.65. The number of nitrogens with one attached hydrogen (secondary N) is 1. The molecule has 2 rings (SSSR count). The summed E-state index contributed by atoms with van der Waals surface area (Å²) in [4.78, 5) is 22.4. The van der Waals surface area contributed by atoms with E-state index in [1.54, 1.807) is 31.2 Å². The zero-order valence-electron chi connectivity index (χ0n) is 13.0. The lowest BCUT2D eigenvalue weighted by molar-refractivity contribution is -0.385. The summed E-state index contributed by atoms with van der Waals surface area (Å²) in [6.07, 6.45) is 0. The summed E-state index contributed by atoms with van der Waals surface area (Å²) in [5, 5.41) is 22.3. The molecular formula is C17H15N3O3S. The molecule has 0 aliphatic heterocycles. The molecule has 0 bridgehead atoms. The van der Waals surface area contributed by atoms with Crippen LogP contribution in [-0.4, -0.2) is 16.6 Å². The second kappa shape index (κ2) is 8.13. The minimum atomic E-state index is -0.468. The summed E-state index contributed by atoms with van der Waals surface area (Å²) in [5.41, 5.74) is 2.50. The monoisotopic (exact) mass is 341 g/mol. The first-order chi connectivity index (χ1) is 11.5. The van der Waals surface area contributed by atoms with Crippen molar-refractivity contribution in [3.63, 3.8) is 0 Å². The molecule has 0 aromatic heterocycles. The SMILES string of the molecule is Cc1c(NC(=O)CSCc2ccc(C#N)cc2)cccc1[N+](=O)[O-]. The van der Waals surface area contributed by atoms with Crippen LogP contribution in [0.2, 0.25) is 0 Å². The number of nitro benzene ring substituents is 1. The van der Waals surface area contributed by atoms with E-state index in [-0.39, 0.29) is 17.3 Å². The maximum Gasteiger partial charge on any atom is 0.274 e. The molecule has 6 nitrogen and oxygen atoms in total. The lowest BCUT2D eigenvalue weighted by atomic mass is 10.1. The summed E-state index contributed by atoms with van der Waals surface area (Å²) in [6.45, 7) is 1.61. The molecule has 1 amide bonds. The molecule has 0 radical (unpaired) electrons. The minimum absolute atomic E-state index is 0.0157. The van der Waals surface area contributed by atoms with Crippen LogP contribution < -0.4 is 5.32 Å². The third-order valence-electron chi connectivity index (χ3n) is 3.36. The molecule has 0 aliphatic carbocycles.